The molecule has 0 spiro atoms. The van der Waals surface area contributed by atoms with E-state index in [2.05, 4.69) is 18.8 Å². The van der Waals surface area contributed by atoms with Gasteiger partial charge in [0.2, 0.25) is 0 Å². The number of aromatic hydroxyl groups is 1. The van der Waals surface area contributed by atoms with Crippen LogP contribution in [-0.4, -0.2) is 33.0 Å². The first-order valence-corrected chi connectivity index (χ1v) is 8.86. The van der Waals surface area contributed by atoms with E-state index in [1.807, 2.05) is 20.8 Å². The summed E-state index contributed by atoms with van der Waals surface area (Å²) in [6, 6.07) is 1.42. The number of unbranched alkanes of at least 4 members (excludes halogenated alkanes) is 1. The number of aryl methyl sites for hydroxylation is 1. The van der Waals surface area contributed by atoms with Crippen LogP contribution in [0.3, 0.4) is 0 Å². The number of aromatic nitrogens is 1. The summed E-state index contributed by atoms with van der Waals surface area (Å²) in [5.74, 6) is -0.0634. The number of hydrogen-bond acceptors (Lipinski definition) is 3. The lowest BCUT2D eigenvalue weighted by atomic mass is 9.94. The maximum Gasteiger partial charge on any atom is 0.263 e. The maximum absolute atomic E-state index is 13.1. The van der Waals surface area contributed by atoms with Crippen molar-refractivity contribution in [2.75, 3.05) is 6.54 Å². The molecule has 2 N–H and O–H groups in total. The molecule has 1 unspecified atom stereocenters. The Labute approximate surface area is 145 Å². The van der Waals surface area contributed by atoms with Gasteiger partial charge in [0, 0.05) is 18.2 Å². The molecule has 1 aromatic heterocycles. The molecule has 0 aliphatic rings. The third kappa shape index (κ3) is 5.11. The van der Waals surface area contributed by atoms with Crippen LogP contribution in [0, 0.1) is 12.8 Å². The maximum atomic E-state index is 13.1. The third-order valence-corrected chi connectivity index (χ3v) is 4.47. The first-order chi connectivity index (χ1) is 11.1. The van der Waals surface area contributed by atoms with E-state index in [9.17, 15) is 14.7 Å². The van der Waals surface area contributed by atoms with Crippen molar-refractivity contribution >= 4 is 5.91 Å². The smallest absolute Gasteiger partial charge is 0.263 e. The summed E-state index contributed by atoms with van der Waals surface area (Å²) in [5.41, 5.74) is -0.299. The zero-order valence-corrected chi connectivity index (χ0v) is 15.9. The Bertz CT molecular complexity index is 614. The Hall–Kier alpha value is -1.78. The van der Waals surface area contributed by atoms with E-state index in [0.29, 0.717) is 18.0 Å². The predicted molar refractivity (Wildman–Crippen MR) is 97.6 cm³/mol. The van der Waals surface area contributed by atoms with Crippen LogP contribution in [-0.2, 0) is 0 Å². The van der Waals surface area contributed by atoms with Crippen molar-refractivity contribution in [3.8, 4) is 5.88 Å². The Morgan fingerprint density at radius 2 is 1.96 bits per heavy atom. The second kappa shape index (κ2) is 8.36. The van der Waals surface area contributed by atoms with Crippen molar-refractivity contribution in [3.05, 3.63) is 27.5 Å². The quantitative estimate of drug-likeness (QED) is 0.794. The van der Waals surface area contributed by atoms with E-state index in [4.69, 9.17) is 0 Å². The Morgan fingerprint density at radius 1 is 1.33 bits per heavy atom. The first-order valence-electron chi connectivity index (χ1n) is 8.86. The van der Waals surface area contributed by atoms with Crippen LogP contribution in [0.5, 0.6) is 5.88 Å². The lowest BCUT2D eigenvalue weighted by molar-refractivity contribution is 0.0521. The molecule has 0 radical (unpaired) electrons. The normalized spacial score (nSPS) is 12.9. The summed E-state index contributed by atoms with van der Waals surface area (Å²) in [6.45, 7) is 12.6. The van der Waals surface area contributed by atoms with E-state index in [1.54, 1.807) is 11.8 Å². The highest BCUT2D eigenvalue weighted by Crippen LogP contribution is 2.23. The zero-order valence-electron chi connectivity index (χ0n) is 15.9. The minimum Gasteiger partial charge on any atom is -0.495 e. The van der Waals surface area contributed by atoms with Crippen LogP contribution in [0.4, 0.5) is 0 Å². The molecule has 5 heteroatoms. The molecule has 1 rings (SSSR count). The SMILES string of the molecule is CCCCC(CC)CN(C(=O)c1c(C)cc(O)[nH]c1=O)C(C)(C)C. The molecule has 0 saturated heterocycles. The summed E-state index contributed by atoms with van der Waals surface area (Å²) in [5, 5.41) is 9.50. The highest BCUT2D eigenvalue weighted by molar-refractivity contribution is 5.95. The molecular weight excluding hydrogens is 304 g/mol. The van der Waals surface area contributed by atoms with E-state index >= 15 is 0 Å². The number of hydrogen-bond donors (Lipinski definition) is 2. The zero-order chi connectivity index (χ0) is 18.5. The number of H-pyrrole nitrogens is 1. The number of carbonyl (C=O) groups is 1. The fourth-order valence-electron chi connectivity index (χ4n) is 2.91. The van der Waals surface area contributed by atoms with Gasteiger partial charge in [0.05, 0.1) is 0 Å². The summed E-state index contributed by atoms with van der Waals surface area (Å²) < 4.78 is 0. The van der Waals surface area contributed by atoms with Crippen LogP contribution in [0.2, 0.25) is 0 Å². The van der Waals surface area contributed by atoms with Crippen LogP contribution < -0.4 is 5.56 Å². The van der Waals surface area contributed by atoms with Gasteiger partial charge in [-0.15, -0.1) is 0 Å². The molecule has 1 amide bonds. The minimum absolute atomic E-state index is 0.119. The molecule has 5 nitrogen and oxygen atoms in total. The van der Waals surface area contributed by atoms with Crippen molar-refractivity contribution in [3.63, 3.8) is 0 Å². The number of carbonyl (C=O) groups excluding carboxylic acids is 1. The monoisotopic (exact) mass is 336 g/mol. The number of rotatable bonds is 7. The standard InChI is InChI=1S/C19H32N2O3/c1-7-9-10-14(8-2)12-21(19(4,5)6)18(24)16-13(3)11-15(22)20-17(16)23/h11,14H,7-10,12H2,1-6H3,(H2,20,22,23). The molecular formula is C19H32N2O3. The summed E-state index contributed by atoms with van der Waals surface area (Å²) >= 11 is 0. The fourth-order valence-corrected chi connectivity index (χ4v) is 2.91. The summed E-state index contributed by atoms with van der Waals surface area (Å²) in [7, 11) is 0. The largest absolute Gasteiger partial charge is 0.495 e. The van der Waals surface area contributed by atoms with Crippen LogP contribution in [0.15, 0.2) is 10.9 Å². The minimum atomic E-state index is -0.534. The van der Waals surface area contributed by atoms with Gasteiger partial charge in [-0.1, -0.05) is 33.1 Å². The molecule has 1 aromatic rings. The van der Waals surface area contributed by atoms with Gasteiger partial charge in [-0.25, -0.2) is 0 Å². The predicted octanol–water partition coefficient (Wildman–Crippen LogP) is 3.85. The van der Waals surface area contributed by atoms with Crippen molar-refractivity contribution in [1.82, 2.24) is 9.88 Å². The number of nitrogens with zero attached hydrogens (tertiary/aromatic N) is 1. The average Bonchev–Trinajstić information content (AvgIpc) is 2.44. The van der Waals surface area contributed by atoms with Gasteiger partial charge < -0.3 is 10.0 Å². The van der Waals surface area contributed by atoms with Crippen LogP contribution >= 0.6 is 0 Å². The van der Waals surface area contributed by atoms with E-state index in [-0.39, 0.29) is 22.9 Å². The van der Waals surface area contributed by atoms with Gasteiger partial charge in [-0.05, 0) is 45.6 Å². The topological polar surface area (TPSA) is 73.4 Å². The molecule has 0 bridgehead atoms. The average molecular weight is 336 g/mol. The van der Waals surface area contributed by atoms with Crippen molar-refractivity contribution in [1.29, 1.82) is 0 Å². The van der Waals surface area contributed by atoms with E-state index in [1.165, 1.54) is 6.07 Å². The molecule has 24 heavy (non-hydrogen) atoms. The van der Waals surface area contributed by atoms with E-state index in [0.717, 1.165) is 25.7 Å². The first kappa shape index (κ1) is 20.3. The third-order valence-electron chi connectivity index (χ3n) is 4.47. The summed E-state index contributed by atoms with van der Waals surface area (Å²) in [6.07, 6.45) is 4.36. The van der Waals surface area contributed by atoms with Gasteiger partial charge >= 0.3 is 0 Å². The molecule has 0 saturated carbocycles. The molecule has 1 atom stereocenters. The Morgan fingerprint density at radius 3 is 2.42 bits per heavy atom. The van der Waals surface area contributed by atoms with Crippen molar-refractivity contribution in [2.24, 2.45) is 5.92 Å². The molecule has 0 aromatic carbocycles. The number of amides is 1. The molecule has 0 fully saturated rings. The number of pyridine rings is 1. The lowest BCUT2D eigenvalue weighted by Gasteiger charge is -2.38. The van der Waals surface area contributed by atoms with Crippen molar-refractivity contribution < 1.29 is 9.90 Å². The number of nitrogens with one attached hydrogen (secondary N) is 1. The highest BCUT2D eigenvalue weighted by atomic mass is 16.3. The second-order valence-electron chi connectivity index (χ2n) is 7.54. The molecule has 0 aliphatic heterocycles. The number of aromatic amines is 1. The van der Waals surface area contributed by atoms with Crippen LogP contribution in [0.1, 0.15) is 76.2 Å². The summed E-state index contributed by atoms with van der Waals surface area (Å²) in [4.78, 5) is 29.4. The van der Waals surface area contributed by atoms with Gasteiger partial charge in [0.1, 0.15) is 5.56 Å². The van der Waals surface area contributed by atoms with Gasteiger partial charge in [-0.2, -0.15) is 0 Å². The van der Waals surface area contributed by atoms with Gasteiger partial charge in [0.25, 0.3) is 11.5 Å². The molecule has 136 valence electrons. The molecule has 0 aliphatic carbocycles. The fraction of sp³-hybridized carbons (Fsp3) is 0.684. The Balaban J connectivity index is 3.18. The van der Waals surface area contributed by atoms with Crippen molar-refractivity contribution in [2.45, 2.75) is 72.8 Å². The van der Waals surface area contributed by atoms with Gasteiger partial charge in [-0.3, -0.25) is 14.6 Å². The van der Waals surface area contributed by atoms with E-state index < -0.39 is 5.56 Å². The van der Waals surface area contributed by atoms with Gasteiger partial charge in [0.15, 0.2) is 5.88 Å². The Kier molecular flexibility index (Phi) is 7.06. The lowest BCUT2D eigenvalue weighted by Crippen LogP contribution is -2.49. The van der Waals surface area contributed by atoms with Crippen LogP contribution in [0.25, 0.3) is 0 Å². The molecule has 1 heterocycles. The second-order valence-corrected chi connectivity index (χ2v) is 7.54. The highest BCUT2D eigenvalue weighted by Gasteiger charge is 2.31.